The molecule has 4 aromatic rings. The number of benzene rings is 4. The first-order valence-electron chi connectivity index (χ1n) is 11.4. The summed E-state index contributed by atoms with van der Waals surface area (Å²) in [7, 11) is -0.760. The van der Waals surface area contributed by atoms with Crippen LogP contribution in [0.1, 0.15) is 33.1 Å². The maximum absolute atomic E-state index is 13.2. The fourth-order valence-electron chi connectivity index (χ4n) is 3.85. The number of carbonyl (C=O) groups is 1. The van der Waals surface area contributed by atoms with Crippen molar-refractivity contribution in [3.05, 3.63) is 125 Å². The van der Waals surface area contributed by atoms with Crippen LogP contribution in [-0.2, 0) is 10.0 Å². The molecule has 1 atom stereocenters. The zero-order valence-corrected chi connectivity index (χ0v) is 21.2. The molecule has 0 aliphatic heterocycles. The molecular weight excluding hydrogens is 472 g/mol. The van der Waals surface area contributed by atoms with E-state index >= 15 is 0 Å². The minimum Gasteiger partial charge on any atom is -0.497 e. The van der Waals surface area contributed by atoms with E-state index in [9.17, 15) is 13.2 Å². The van der Waals surface area contributed by atoms with Crippen molar-refractivity contribution in [3.63, 3.8) is 0 Å². The highest BCUT2D eigenvalue weighted by molar-refractivity contribution is 7.92. The molecule has 0 aromatic heterocycles. The molecular formula is C29H28N2O4S. The number of ether oxygens (including phenoxy) is 1. The Morgan fingerprint density at radius 1 is 0.806 bits per heavy atom. The van der Waals surface area contributed by atoms with Crippen molar-refractivity contribution in [2.24, 2.45) is 0 Å². The quantitative estimate of drug-likeness (QED) is 0.354. The molecule has 0 saturated heterocycles. The van der Waals surface area contributed by atoms with Crippen LogP contribution in [0.3, 0.4) is 0 Å². The maximum Gasteiger partial charge on any atom is 0.264 e. The highest BCUT2D eigenvalue weighted by atomic mass is 32.2. The second kappa shape index (κ2) is 10.7. The normalized spacial score (nSPS) is 12.0. The van der Waals surface area contributed by atoms with Crippen molar-refractivity contribution in [2.45, 2.75) is 17.9 Å². The number of hydrogen-bond acceptors (Lipinski definition) is 4. The molecule has 0 radical (unpaired) electrons. The molecule has 6 nitrogen and oxygen atoms in total. The third kappa shape index (κ3) is 5.42. The van der Waals surface area contributed by atoms with Crippen molar-refractivity contribution in [1.82, 2.24) is 5.32 Å². The Bertz CT molecular complexity index is 1420. The molecule has 1 amide bonds. The number of carbonyl (C=O) groups excluding carboxylic acids is 1. The number of nitrogens with zero attached hydrogens (tertiary/aromatic N) is 1. The van der Waals surface area contributed by atoms with Crippen LogP contribution in [0.5, 0.6) is 5.75 Å². The first-order chi connectivity index (χ1) is 17.3. The zero-order chi connectivity index (χ0) is 25.7. The van der Waals surface area contributed by atoms with E-state index in [0.29, 0.717) is 17.0 Å². The minimum absolute atomic E-state index is 0.149. The maximum atomic E-state index is 13.2. The molecule has 4 rings (SSSR count). The van der Waals surface area contributed by atoms with Gasteiger partial charge in [0.15, 0.2) is 0 Å². The van der Waals surface area contributed by atoms with Gasteiger partial charge < -0.3 is 10.1 Å². The van der Waals surface area contributed by atoms with Crippen molar-refractivity contribution < 1.29 is 17.9 Å². The molecule has 36 heavy (non-hydrogen) atoms. The minimum atomic E-state index is -3.77. The zero-order valence-electron chi connectivity index (χ0n) is 20.4. The molecule has 1 unspecified atom stereocenters. The van der Waals surface area contributed by atoms with Crippen LogP contribution in [-0.4, -0.2) is 28.5 Å². The number of sulfonamides is 1. The summed E-state index contributed by atoms with van der Waals surface area (Å²) in [5.41, 5.74) is 3.96. The van der Waals surface area contributed by atoms with Crippen molar-refractivity contribution in [2.75, 3.05) is 18.5 Å². The topological polar surface area (TPSA) is 75.7 Å². The van der Waals surface area contributed by atoms with E-state index in [1.807, 2.05) is 61.5 Å². The number of hydrogen-bond donors (Lipinski definition) is 1. The SMILES string of the molecule is COc1ccc(S(=O)(=O)N(C)c2ccc(C(=O)NC(c3ccccc3)c3ccc(C)cc3)cc2)cc1. The van der Waals surface area contributed by atoms with Crippen LogP contribution in [0.25, 0.3) is 0 Å². The second-order valence-electron chi connectivity index (χ2n) is 8.42. The number of anilines is 1. The average Bonchev–Trinajstić information content (AvgIpc) is 2.92. The Balaban J connectivity index is 1.54. The Hall–Kier alpha value is -4.10. The number of amides is 1. The smallest absolute Gasteiger partial charge is 0.264 e. The molecule has 0 saturated carbocycles. The van der Waals surface area contributed by atoms with E-state index in [2.05, 4.69) is 5.32 Å². The van der Waals surface area contributed by atoms with Crippen LogP contribution >= 0.6 is 0 Å². The Kier molecular flexibility index (Phi) is 7.41. The van der Waals surface area contributed by atoms with Gasteiger partial charge in [-0.3, -0.25) is 9.10 Å². The number of rotatable bonds is 8. The van der Waals surface area contributed by atoms with Gasteiger partial charge in [-0.1, -0.05) is 60.2 Å². The summed E-state index contributed by atoms with van der Waals surface area (Å²) in [6.45, 7) is 2.02. The highest BCUT2D eigenvalue weighted by Gasteiger charge is 2.22. The Morgan fingerprint density at radius 3 is 1.97 bits per heavy atom. The monoisotopic (exact) mass is 500 g/mol. The number of nitrogens with one attached hydrogen (secondary N) is 1. The van der Waals surface area contributed by atoms with Gasteiger partial charge in [-0.05, 0) is 66.6 Å². The van der Waals surface area contributed by atoms with Crippen molar-refractivity contribution >= 4 is 21.6 Å². The van der Waals surface area contributed by atoms with Gasteiger partial charge in [-0.2, -0.15) is 0 Å². The second-order valence-corrected chi connectivity index (χ2v) is 10.4. The molecule has 0 bridgehead atoms. The fourth-order valence-corrected chi connectivity index (χ4v) is 5.04. The molecule has 0 spiro atoms. The molecule has 7 heteroatoms. The summed E-state index contributed by atoms with van der Waals surface area (Å²) in [5.74, 6) is 0.322. The lowest BCUT2D eigenvalue weighted by atomic mass is 9.97. The van der Waals surface area contributed by atoms with E-state index in [0.717, 1.165) is 16.7 Å². The van der Waals surface area contributed by atoms with Gasteiger partial charge in [0.25, 0.3) is 15.9 Å². The molecule has 1 N–H and O–H groups in total. The molecule has 0 aliphatic rings. The van der Waals surface area contributed by atoms with Gasteiger partial charge in [-0.25, -0.2) is 8.42 Å². The largest absolute Gasteiger partial charge is 0.497 e. The van der Waals surface area contributed by atoms with Crippen molar-refractivity contribution in [1.29, 1.82) is 0 Å². The molecule has 4 aromatic carbocycles. The predicted molar refractivity (Wildman–Crippen MR) is 142 cm³/mol. The van der Waals surface area contributed by atoms with E-state index < -0.39 is 10.0 Å². The van der Waals surface area contributed by atoms with Gasteiger partial charge in [0, 0.05) is 12.6 Å². The van der Waals surface area contributed by atoms with Gasteiger partial charge in [0.2, 0.25) is 0 Å². The number of methoxy groups -OCH3 is 1. The van der Waals surface area contributed by atoms with Gasteiger partial charge >= 0.3 is 0 Å². The van der Waals surface area contributed by atoms with Crippen LogP contribution in [0.15, 0.2) is 108 Å². The van der Waals surface area contributed by atoms with Gasteiger partial charge in [0.1, 0.15) is 5.75 Å². The van der Waals surface area contributed by atoms with Crippen LogP contribution < -0.4 is 14.4 Å². The first-order valence-corrected chi connectivity index (χ1v) is 12.9. The standard InChI is InChI=1S/C29H28N2O4S/c1-21-9-11-23(12-10-21)28(22-7-5-4-6-8-22)30-29(32)24-13-15-25(16-14-24)31(2)36(33,34)27-19-17-26(35-3)18-20-27/h4-20,28H,1-3H3,(H,30,32). The molecule has 184 valence electrons. The summed E-state index contributed by atoms with van der Waals surface area (Å²) < 4.78 is 32.4. The van der Waals surface area contributed by atoms with E-state index in [1.165, 1.54) is 30.6 Å². The summed E-state index contributed by atoms with van der Waals surface area (Å²) >= 11 is 0. The predicted octanol–water partition coefficient (Wildman–Crippen LogP) is 5.35. The van der Waals surface area contributed by atoms with Crippen LogP contribution in [0.4, 0.5) is 5.69 Å². The molecule has 0 aliphatic carbocycles. The van der Waals surface area contributed by atoms with Crippen LogP contribution in [0.2, 0.25) is 0 Å². The van der Waals surface area contributed by atoms with Gasteiger partial charge in [0.05, 0.1) is 23.7 Å². The average molecular weight is 501 g/mol. The third-order valence-corrected chi connectivity index (χ3v) is 7.83. The van der Waals surface area contributed by atoms with Crippen LogP contribution in [0, 0.1) is 6.92 Å². The summed E-state index contributed by atoms with van der Waals surface area (Å²) in [5, 5.41) is 3.12. The summed E-state index contributed by atoms with van der Waals surface area (Å²) in [6.07, 6.45) is 0. The van der Waals surface area contributed by atoms with Gasteiger partial charge in [-0.15, -0.1) is 0 Å². The third-order valence-electron chi connectivity index (χ3n) is 6.03. The summed E-state index contributed by atoms with van der Waals surface area (Å²) in [6, 6.07) is 30.2. The van der Waals surface area contributed by atoms with E-state index in [-0.39, 0.29) is 16.8 Å². The molecule has 0 fully saturated rings. The Morgan fingerprint density at radius 2 is 1.39 bits per heavy atom. The van der Waals surface area contributed by atoms with E-state index in [1.54, 1.807) is 36.4 Å². The fraction of sp³-hybridized carbons (Fsp3) is 0.138. The lowest BCUT2D eigenvalue weighted by Crippen LogP contribution is -2.29. The van der Waals surface area contributed by atoms with Crippen molar-refractivity contribution in [3.8, 4) is 5.75 Å². The van der Waals surface area contributed by atoms with E-state index in [4.69, 9.17) is 4.74 Å². The Labute approximate surface area is 212 Å². The first kappa shape index (κ1) is 25.0. The molecule has 0 heterocycles. The number of aryl methyl sites for hydroxylation is 1. The lowest BCUT2D eigenvalue weighted by Gasteiger charge is -2.21. The highest BCUT2D eigenvalue weighted by Crippen LogP contribution is 2.26. The summed E-state index contributed by atoms with van der Waals surface area (Å²) in [4.78, 5) is 13.3. The lowest BCUT2D eigenvalue weighted by molar-refractivity contribution is 0.0943.